The number of nitrogens with zero attached hydrogens (tertiary/aromatic N) is 1. The van der Waals surface area contributed by atoms with Gasteiger partial charge in [-0.2, -0.15) is 5.26 Å². The molecule has 2 rings (SSSR count). The largest absolute Gasteiger partial charge is 0.493 e. The van der Waals surface area contributed by atoms with Crippen LogP contribution in [0, 0.1) is 11.3 Å². The Hall–Kier alpha value is -2.32. The number of fused-ring (bicyclic) bond motifs is 1. The van der Waals surface area contributed by atoms with Crippen molar-refractivity contribution < 1.29 is 14.3 Å². The molecule has 0 aliphatic rings. The Morgan fingerprint density at radius 3 is 2.94 bits per heavy atom. The molecule has 1 aromatic carbocycles. The van der Waals surface area contributed by atoms with Gasteiger partial charge in [0, 0.05) is 30.5 Å². The van der Waals surface area contributed by atoms with Crippen LogP contribution in [-0.4, -0.2) is 18.3 Å². The summed E-state index contributed by atoms with van der Waals surface area (Å²) in [6, 6.07) is 8.04. The van der Waals surface area contributed by atoms with E-state index in [0.717, 1.165) is 6.07 Å². The summed E-state index contributed by atoms with van der Waals surface area (Å²) in [4.78, 5) is 11.2. The van der Waals surface area contributed by atoms with Gasteiger partial charge in [0.1, 0.15) is 17.4 Å². The first kappa shape index (κ1) is 12.1. The molecule has 5 nitrogen and oxygen atoms in total. The predicted octanol–water partition coefficient (Wildman–Crippen LogP) is 1.43. The summed E-state index contributed by atoms with van der Waals surface area (Å²) >= 11 is 0. The van der Waals surface area contributed by atoms with Gasteiger partial charge in [-0.25, -0.2) is 4.79 Å². The lowest BCUT2D eigenvalue weighted by molar-refractivity contribution is 0.233. The monoisotopic (exact) mass is 245 g/mol. The van der Waals surface area contributed by atoms with Crippen molar-refractivity contribution in [3.63, 3.8) is 0 Å². The van der Waals surface area contributed by atoms with E-state index < -0.39 is 5.63 Å². The molecule has 0 bridgehead atoms. The third kappa shape index (κ3) is 2.50. The second-order valence-corrected chi connectivity index (χ2v) is 3.67. The fourth-order valence-corrected chi connectivity index (χ4v) is 1.58. The molecule has 0 unspecified atom stereocenters. The van der Waals surface area contributed by atoms with Gasteiger partial charge in [-0.05, 0) is 12.1 Å². The summed E-state index contributed by atoms with van der Waals surface area (Å²) in [7, 11) is 0. The van der Waals surface area contributed by atoms with Crippen molar-refractivity contribution >= 4 is 11.0 Å². The number of nitriles is 1. The maximum Gasteiger partial charge on any atom is 0.337 e. The average molecular weight is 245 g/mol. The van der Waals surface area contributed by atoms with E-state index in [0.29, 0.717) is 29.7 Å². The Labute approximate surface area is 103 Å². The van der Waals surface area contributed by atoms with Gasteiger partial charge in [-0.15, -0.1) is 0 Å². The standard InChI is InChI=1S/C13H11NO4/c14-8-9-6-13(16)18-12-7-10(2-3-11(9)12)17-5-1-4-15/h2-3,6-7,15H,1,4-5H2. The lowest BCUT2D eigenvalue weighted by Gasteiger charge is -2.06. The van der Waals surface area contributed by atoms with Crippen molar-refractivity contribution in [3.8, 4) is 11.8 Å². The molecule has 92 valence electrons. The summed E-state index contributed by atoms with van der Waals surface area (Å²) in [5.74, 6) is 0.536. The summed E-state index contributed by atoms with van der Waals surface area (Å²) in [6.07, 6.45) is 0.528. The smallest absolute Gasteiger partial charge is 0.337 e. The Morgan fingerprint density at radius 2 is 2.22 bits per heavy atom. The second kappa shape index (κ2) is 5.34. The van der Waals surface area contributed by atoms with Crippen molar-refractivity contribution in [2.45, 2.75) is 6.42 Å². The molecule has 2 aromatic rings. The highest BCUT2D eigenvalue weighted by atomic mass is 16.5. The lowest BCUT2D eigenvalue weighted by Crippen LogP contribution is -2.01. The number of ether oxygens (including phenoxy) is 1. The van der Waals surface area contributed by atoms with Gasteiger partial charge in [0.15, 0.2) is 0 Å². The first-order valence-electron chi connectivity index (χ1n) is 5.46. The van der Waals surface area contributed by atoms with Crippen LogP contribution < -0.4 is 10.4 Å². The predicted molar refractivity (Wildman–Crippen MR) is 64.4 cm³/mol. The van der Waals surface area contributed by atoms with Crippen LogP contribution in [0.1, 0.15) is 12.0 Å². The molecule has 0 fully saturated rings. The van der Waals surface area contributed by atoms with Crippen LogP contribution in [0.2, 0.25) is 0 Å². The van der Waals surface area contributed by atoms with E-state index in [1.54, 1.807) is 18.2 Å². The van der Waals surface area contributed by atoms with Crippen LogP contribution in [0.3, 0.4) is 0 Å². The summed E-state index contributed by atoms with van der Waals surface area (Å²) in [5, 5.41) is 18.1. The molecule has 0 aliphatic carbocycles. The molecule has 0 saturated carbocycles. The van der Waals surface area contributed by atoms with Gasteiger partial charge in [-0.3, -0.25) is 0 Å². The van der Waals surface area contributed by atoms with E-state index in [1.165, 1.54) is 0 Å². The number of hydrogen-bond acceptors (Lipinski definition) is 5. The highest BCUT2D eigenvalue weighted by Crippen LogP contribution is 2.22. The highest BCUT2D eigenvalue weighted by Gasteiger charge is 2.06. The zero-order valence-electron chi connectivity index (χ0n) is 9.55. The molecule has 0 amide bonds. The van der Waals surface area contributed by atoms with E-state index in [-0.39, 0.29) is 12.2 Å². The van der Waals surface area contributed by atoms with Crippen LogP contribution in [0.25, 0.3) is 11.0 Å². The number of benzene rings is 1. The summed E-state index contributed by atoms with van der Waals surface area (Å²) in [5.41, 5.74) is 0.0373. The zero-order chi connectivity index (χ0) is 13.0. The van der Waals surface area contributed by atoms with Crippen molar-refractivity contribution in [1.29, 1.82) is 5.26 Å². The van der Waals surface area contributed by atoms with Gasteiger partial charge in [0.2, 0.25) is 0 Å². The van der Waals surface area contributed by atoms with Crippen molar-refractivity contribution in [2.75, 3.05) is 13.2 Å². The van der Waals surface area contributed by atoms with E-state index in [9.17, 15) is 4.79 Å². The van der Waals surface area contributed by atoms with E-state index in [2.05, 4.69) is 0 Å². The van der Waals surface area contributed by atoms with Crippen LogP contribution in [0.4, 0.5) is 0 Å². The molecule has 0 aliphatic heterocycles. The number of rotatable bonds is 4. The fourth-order valence-electron chi connectivity index (χ4n) is 1.58. The minimum absolute atomic E-state index is 0.0568. The second-order valence-electron chi connectivity index (χ2n) is 3.67. The molecule has 0 radical (unpaired) electrons. The van der Waals surface area contributed by atoms with Crippen LogP contribution in [0.5, 0.6) is 5.75 Å². The van der Waals surface area contributed by atoms with E-state index in [1.807, 2.05) is 6.07 Å². The topological polar surface area (TPSA) is 83.5 Å². The first-order valence-corrected chi connectivity index (χ1v) is 5.46. The number of hydrogen-bond donors (Lipinski definition) is 1. The van der Waals surface area contributed by atoms with Crippen molar-refractivity contribution in [3.05, 3.63) is 40.2 Å². The van der Waals surface area contributed by atoms with Gasteiger partial charge < -0.3 is 14.3 Å². The Kier molecular flexibility index (Phi) is 3.60. The summed E-state index contributed by atoms with van der Waals surface area (Å²) < 4.78 is 10.4. The van der Waals surface area contributed by atoms with Crippen LogP contribution in [-0.2, 0) is 0 Å². The van der Waals surface area contributed by atoms with Crippen LogP contribution in [0.15, 0.2) is 33.5 Å². The quantitative estimate of drug-likeness (QED) is 0.650. The molecule has 5 heteroatoms. The van der Waals surface area contributed by atoms with Gasteiger partial charge >= 0.3 is 5.63 Å². The Balaban J connectivity index is 2.40. The molecule has 1 heterocycles. The number of aliphatic hydroxyl groups excluding tert-OH is 1. The minimum Gasteiger partial charge on any atom is -0.493 e. The minimum atomic E-state index is -0.563. The SMILES string of the molecule is N#Cc1cc(=O)oc2cc(OCCCO)ccc12. The number of aliphatic hydroxyl groups is 1. The molecule has 0 saturated heterocycles. The molecule has 1 N–H and O–H groups in total. The zero-order valence-corrected chi connectivity index (χ0v) is 9.55. The first-order chi connectivity index (χ1) is 8.74. The molecule has 0 spiro atoms. The van der Waals surface area contributed by atoms with Crippen molar-refractivity contribution in [2.24, 2.45) is 0 Å². The van der Waals surface area contributed by atoms with Gasteiger partial charge in [-0.1, -0.05) is 0 Å². The fraction of sp³-hybridized carbons (Fsp3) is 0.231. The van der Waals surface area contributed by atoms with E-state index in [4.69, 9.17) is 19.5 Å². The molecular formula is C13H11NO4. The highest BCUT2D eigenvalue weighted by molar-refractivity contribution is 5.83. The van der Waals surface area contributed by atoms with Crippen molar-refractivity contribution in [1.82, 2.24) is 0 Å². The normalized spacial score (nSPS) is 10.2. The Bertz CT molecular complexity index is 654. The third-order valence-corrected chi connectivity index (χ3v) is 2.41. The maximum atomic E-state index is 11.2. The molecule has 0 atom stereocenters. The Morgan fingerprint density at radius 1 is 1.39 bits per heavy atom. The average Bonchev–Trinajstić information content (AvgIpc) is 2.37. The maximum absolute atomic E-state index is 11.2. The lowest BCUT2D eigenvalue weighted by atomic mass is 10.1. The van der Waals surface area contributed by atoms with E-state index >= 15 is 0 Å². The molecule has 1 aromatic heterocycles. The van der Waals surface area contributed by atoms with Gasteiger partial charge in [0.05, 0.1) is 12.2 Å². The molecular weight excluding hydrogens is 234 g/mol. The van der Waals surface area contributed by atoms with Gasteiger partial charge in [0.25, 0.3) is 0 Å². The third-order valence-electron chi connectivity index (χ3n) is 2.41. The van der Waals surface area contributed by atoms with Crippen LogP contribution >= 0.6 is 0 Å². The molecule has 18 heavy (non-hydrogen) atoms. The summed E-state index contributed by atoms with van der Waals surface area (Å²) in [6.45, 7) is 0.436.